The largest absolute Gasteiger partial charge is 0.348 e. The normalized spacial score (nSPS) is 20.3. The molecule has 0 N–H and O–H groups in total. The number of rotatable bonds is 1. The summed E-state index contributed by atoms with van der Waals surface area (Å²) in [5.74, 6) is 0. The first-order valence-electron chi connectivity index (χ1n) is 5.34. The molecule has 1 aliphatic rings. The predicted molar refractivity (Wildman–Crippen MR) is 59.6 cm³/mol. The monoisotopic (exact) mass is 217 g/mol. The first-order valence-corrected chi connectivity index (χ1v) is 5.34. The molecular formula is C13H15NO2. The molecule has 2 rings (SSSR count). The number of nitriles is 1. The Morgan fingerprint density at radius 1 is 1.31 bits per heavy atom. The molecule has 1 fully saturated rings. The summed E-state index contributed by atoms with van der Waals surface area (Å²) in [5, 5.41) is 8.81. The van der Waals surface area contributed by atoms with Crippen molar-refractivity contribution in [3.05, 3.63) is 35.4 Å². The van der Waals surface area contributed by atoms with Crippen molar-refractivity contribution in [2.45, 2.75) is 20.1 Å². The molecule has 0 amide bonds. The van der Waals surface area contributed by atoms with Crippen molar-refractivity contribution in [1.82, 2.24) is 0 Å². The zero-order valence-corrected chi connectivity index (χ0v) is 9.56. The number of hydrogen-bond donors (Lipinski definition) is 0. The molecule has 0 unspecified atom stereocenters. The molecule has 1 saturated heterocycles. The van der Waals surface area contributed by atoms with Crippen LogP contribution in [0.5, 0.6) is 0 Å². The van der Waals surface area contributed by atoms with Crippen LogP contribution in [-0.2, 0) is 9.47 Å². The van der Waals surface area contributed by atoms with Gasteiger partial charge in [0.05, 0.1) is 24.8 Å². The van der Waals surface area contributed by atoms with Crippen molar-refractivity contribution >= 4 is 0 Å². The van der Waals surface area contributed by atoms with Crippen LogP contribution in [-0.4, -0.2) is 13.2 Å². The Hall–Kier alpha value is -1.37. The minimum Gasteiger partial charge on any atom is -0.348 e. The van der Waals surface area contributed by atoms with Crippen molar-refractivity contribution in [3.8, 4) is 6.07 Å². The van der Waals surface area contributed by atoms with E-state index >= 15 is 0 Å². The van der Waals surface area contributed by atoms with E-state index in [1.54, 1.807) is 6.07 Å². The smallest absolute Gasteiger partial charge is 0.183 e. The molecule has 3 nitrogen and oxygen atoms in total. The second-order valence-corrected chi connectivity index (χ2v) is 4.86. The Kier molecular flexibility index (Phi) is 2.95. The van der Waals surface area contributed by atoms with Crippen molar-refractivity contribution in [1.29, 1.82) is 5.26 Å². The van der Waals surface area contributed by atoms with E-state index in [9.17, 15) is 0 Å². The van der Waals surface area contributed by atoms with Gasteiger partial charge in [-0.2, -0.15) is 5.26 Å². The van der Waals surface area contributed by atoms with Crippen LogP contribution in [0.2, 0.25) is 0 Å². The molecule has 1 aromatic rings. The summed E-state index contributed by atoms with van der Waals surface area (Å²) in [6, 6.07) is 9.46. The molecule has 0 atom stereocenters. The average Bonchev–Trinajstić information content (AvgIpc) is 2.29. The maximum absolute atomic E-state index is 8.81. The SMILES string of the molecule is CC1(C)COC(c2cccc(C#N)c2)OC1. The van der Waals surface area contributed by atoms with Crippen molar-refractivity contribution < 1.29 is 9.47 Å². The molecule has 0 aromatic heterocycles. The standard InChI is InChI=1S/C13H15NO2/c1-13(2)8-15-12(16-9-13)11-5-3-4-10(6-11)7-14/h3-6,12H,8-9H2,1-2H3. The Morgan fingerprint density at radius 3 is 2.62 bits per heavy atom. The van der Waals surface area contributed by atoms with E-state index in [0.717, 1.165) is 5.56 Å². The van der Waals surface area contributed by atoms with E-state index in [0.29, 0.717) is 18.8 Å². The van der Waals surface area contributed by atoms with Crippen LogP contribution < -0.4 is 0 Å². The van der Waals surface area contributed by atoms with Crippen LogP contribution >= 0.6 is 0 Å². The van der Waals surface area contributed by atoms with Gasteiger partial charge in [-0.1, -0.05) is 26.0 Å². The van der Waals surface area contributed by atoms with Gasteiger partial charge in [0.25, 0.3) is 0 Å². The zero-order valence-electron chi connectivity index (χ0n) is 9.56. The molecule has 1 aliphatic heterocycles. The summed E-state index contributed by atoms with van der Waals surface area (Å²) in [7, 11) is 0. The molecule has 1 aromatic carbocycles. The first kappa shape index (κ1) is 11.1. The first-order chi connectivity index (χ1) is 7.61. The van der Waals surface area contributed by atoms with E-state index in [-0.39, 0.29) is 11.7 Å². The Labute approximate surface area is 95.6 Å². The highest BCUT2D eigenvalue weighted by atomic mass is 16.7. The fourth-order valence-electron chi connectivity index (χ4n) is 1.64. The Morgan fingerprint density at radius 2 is 2.00 bits per heavy atom. The third-order valence-electron chi connectivity index (χ3n) is 2.54. The molecular weight excluding hydrogens is 202 g/mol. The highest BCUT2D eigenvalue weighted by Crippen LogP contribution is 2.31. The molecule has 16 heavy (non-hydrogen) atoms. The predicted octanol–water partition coefficient (Wildman–Crippen LogP) is 2.63. The van der Waals surface area contributed by atoms with Crippen LogP contribution in [0.1, 0.15) is 31.3 Å². The van der Waals surface area contributed by atoms with Crippen LogP contribution in [0.25, 0.3) is 0 Å². The van der Waals surface area contributed by atoms with Gasteiger partial charge in [0.15, 0.2) is 6.29 Å². The summed E-state index contributed by atoms with van der Waals surface area (Å²) < 4.78 is 11.3. The summed E-state index contributed by atoms with van der Waals surface area (Å²) in [5.41, 5.74) is 1.62. The number of ether oxygens (including phenoxy) is 2. The van der Waals surface area contributed by atoms with Gasteiger partial charge < -0.3 is 9.47 Å². The van der Waals surface area contributed by atoms with Gasteiger partial charge in [0.2, 0.25) is 0 Å². The van der Waals surface area contributed by atoms with Crippen molar-refractivity contribution in [2.75, 3.05) is 13.2 Å². The minimum atomic E-state index is -0.332. The highest BCUT2D eigenvalue weighted by molar-refractivity contribution is 5.33. The van der Waals surface area contributed by atoms with Gasteiger partial charge in [-0.05, 0) is 12.1 Å². The van der Waals surface area contributed by atoms with E-state index in [2.05, 4.69) is 19.9 Å². The average molecular weight is 217 g/mol. The second kappa shape index (κ2) is 4.25. The summed E-state index contributed by atoms with van der Waals surface area (Å²) >= 11 is 0. The Balaban J connectivity index is 2.11. The topological polar surface area (TPSA) is 42.2 Å². The zero-order chi connectivity index (χ0) is 11.6. The van der Waals surface area contributed by atoms with Crippen LogP contribution in [0.4, 0.5) is 0 Å². The van der Waals surface area contributed by atoms with E-state index in [4.69, 9.17) is 14.7 Å². The summed E-state index contributed by atoms with van der Waals surface area (Å²) in [6.45, 7) is 5.56. The van der Waals surface area contributed by atoms with Crippen molar-refractivity contribution in [2.24, 2.45) is 5.41 Å². The van der Waals surface area contributed by atoms with E-state index < -0.39 is 0 Å². The van der Waals surface area contributed by atoms with Gasteiger partial charge in [-0.3, -0.25) is 0 Å². The van der Waals surface area contributed by atoms with Gasteiger partial charge >= 0.3 is 0 Å². The lowest BCUT2D eigenvalue weighted by atomic mass is 9.95. The maximum atomic E-state index is 8.81. The molecule has 0 saturated carbocycles. The van der Waals surface area contributed by atoms with Crippen LogP contribution in [0, 0.1) is 16.7 Å². The Bertz CT molecular complexity index is 410. The lowest BCUT2D eigenvalue weighted by Crippen LogP contribution is -2.33. The molecule has 0 radical (unpaired) electrons. The fourth-order valence-corrected chi connectivity index (χ4v) is 1.64. The maximum Gasteiger partial charge on any atom is 0.183 e. The lowest BCUT2D eigenvalue weighted by Gasteiger charge is -2.34. The highest BCUT2D eigenvalue weighted by Gasteiger charge is 2.29. The lowest BCUT2D eigenvalue weighted by molar-refractivity contribution is -0.226. The molecule has 1 heterocycles. The van der Waals surface area contributed by atoms with Gasteiger partial charge in [-0.25, -0.2) is 0 Å². The molecule has 0 bridgehead atoms. The van der Waals surface area contributed by atoms with Crippen LogP contribution in [0.15, 0.2) is 24.3 Å². The van der Waals surface area contributed by atoms with Crippen LogP contribution in [0.3, 0.4) is 0 Å². The second-order valence-electron chi connectivity index (χ2n) is 4.86. The van der Waals surface area contributed by atoms with Crippen molar-refractivity contribution in [3.63, 3.8) is 0 Å². The minimum absolute atomic E-state index is 0.0728. The van der Waals surface area contributed by atoms with Gasteiger partial charge in [-0.15, -0.1) is 0 Å². The van der Waals surface area contributed by atoms with Gasteiger partial charge in [0, 0.05) is 11.0 Å². The summed E-state index contributed by atoms with van der Waals surface area (Å²) in [4.78, 5) is 0. The third kappa shape index (κ3) is 2.41. The molecule has 0 aliphatic carbocycles. The molecule has 84 valence electrons. The molecule has 0 spiro atoms. The summed E-state index contributed by atoms with van der Waals surface area (Å²) in [6.07, 6.45) is -0.332. The van der Waals surface area contributed by atoms with Gasteiger partial charge in [0.1, 0.15) is 0 Å². The molecule has 3 heteroatoms. The number of benzene rings is 1. The number of nitrogens with zero attached hydrogens (tertiary/aromatic N) is 1. The third-order valence-corrected chi connectivity index (χ3v) is 2.54. The van der Waals surface area contributed by atoms with E-state index in [1.165, 1.54) is 0 Å². The quantitative estimate of drug-likeness (QED) is 0.726. The fraction of sp³-hybridized carbons (Fsp3) is 0.462. The van der Waals surface area contributed by atoms with E-state index in [1.807, 2.05) is 18.2 Å². The number of hydrogen-bond acceptors (Lipinski definition) is 3.